The third-order valence-corrected chi connectivity index (χ3v) is 4.92. The number of benzene rings is 1. The van der Waals surface area contributed by atoms with Gasteiger partial charge in [0, 0.05) is 5.30 Å². The molecule has 0 aromatic heterocycles. The van der Waals surface area contributed by atoms with Gasteiger partial charge in [-0.2, -0.15) is 0 Å². The second kappa shape index (κ2) is 2.88. The molecule has 0 aliphatic carbocycles. The fraction of sp³-hybridized carbons (Fsp3) is 0.250. The van der Waals surface area contributed by atoms with Gasteiger partial charge in [-0.3, -0.25) is 4.57 Å². The Labute approximate surface area is 75.9 Å². The molecule has 0 spiro atoms. The lowest BCUT2D eigenvalue weighted by molar-refractivity contribution is 0.326. The second-order valence-electron chi connectivity index (χ2n) is 2.70. The van der Waals surface area contributed by atoms with Crippen LogP contribution in [-0.2, 0) is 15.7 Å². The molecule has 2 nitrogen and oxygen atoms in total. The number of hydrogen-bond acceptors (Lipinski definition) is 2. The normalized spacial score (nSPS) is 27.1. The zero-order valence-corrected chi connectivity index (χ0v) is 8.02. The Morgan fingerprint density at radius 3 is 3.00 bits per heavy atom. The van der Waals surface area contributed by atoms with Crippen LogP contribution in [0.4, 0.5) is 0 Å². The van der Waals surface area contributed by atoms with Crippen molar-refractivity contribution in [2.75, 3.05) is 5.62 Å². The summed E-state index contributed by atoms with van der Waals surface area (Å²) in [7, 11) is -2.68. The minimum absolute atomic E-state index is 0.0734. The summed E-state index contributed by atoms with van der Waals surface area (Å²) in [5.41, 5.74) is 1.07. The molecule has 1 aliphatic heterocycles. The molecule has 1 unspecified atom stereocenters. The van der Waals surface area contributed by atoms with Crippen molar-refractivity contribution >= 4 is 24.3 Å². The zero-order valence-electron chi connectivity index (χ0n) is 6.37. The van der Waals surface area contributed by atoms with Crippen LogP contribution in [0.5, 0.6) is 0 Å². The maximum absolute atomic E-state index is 11.9. The van der Waals surface area contributed by atoms with Crippen molar-refractivity contribution in [2.24, 2.45) is 0 Å². The van der Waals surface area contributed by atoms with Gasteiger partial charge in [-0.15, -0.1) is 11.6 Å². The Balaban J connectivity index is 2.56. The lowest BCUT2D eigenvalue weighted by atomic mass is 10.2. The first kappa shape index (κ1) is 8.31. The lowest BCUT2D eigenvalue weighted by Crippen LogP contribution is -2.02. The Morgan fingerprint density at radius 2 is 2.25 bits per heavy atom. The topological polar surface area (TPSA) is 26.3 Å². The third kappa shape index (κ3) is 1.11. The molecule has 0 N–H and O–H groups in total. The molecule has 64 valence electrons. The van der Waals surface area contributed by atoms with E-state index < -0.39 is 7.37 Å². The molecule has 2 rings (SSSR count). The van der Waals surface area contributed by atoms with Crippen molar-refractivity contribution in [2.45, 2.75) is 6.61 Å². The molecule has 12 heavy (non-hydrogen) atoms. The van der Waals surface area contributed by atoms with E-state index in [1.807, 2.05) is 24.3 Å². The smallest absolute Gasteiger partial charge is 0.247 e. The number of halogens is 1. The summed E-state index contributed by atoms with van der Waals surface area (Å²) in [6, 6.07) is 7.51. The van der Waals surface area contributed by atoms with Crippen molar-refractivity contribution in [1.82, 2.24) is 0 Å². The summed E-state index contributed by atoms with van der Waals surface area (Å²) in [6.07, 6.45) is 0. The third-order valence-electron chi connectivity index (χ3n) is 1.94. The molecule has 0 saturated carbocycles. The van der Waals surface area contributed by atoms with Crippen LogP contribution in [0.2, 0.25) is 0 Å². The van der Waals surface area contributed by atoms with Crippen LogP contribution >= 0.6 is 19.0 Å². The Bertz CT molecular complexity index is 351. The molecule has 0 amide bonds. The van der Waals surface area contributed by atoms with Crippen LogP contribution in [-0.4, -0.2) is 5.62 Å². The fourth-order valence-electron chi connectivity index (χ4n) is 1.31. The molecule has 0 fully saturated rings. The standard InChI is InChI=1S/C8H8ClO2P/c9-6-12(10)8-4-2-1-3-7(8)5-11-12/h1-4H,5-6H2. The minimum Gasteiger partial charge on any atom is -0.320 e. The predicted octanol–water partition coefficient (Wildman–Crippen LogP) is 2.32. The van der Waals surface area contributed by atoms with E-state index in [0.717, 1.165) is 10.9 Å². The number of hydrogen-bond donors (Lipinski definition) is 0. The monoisotopic (exact) mass is 202 g/mol. The fourth-order valence-corrected chi connectivity index (χ4v) is 3.48. The van der Waals surface area contributed by atoms with Crippen molar-refractivity contribution in [3.05, 3.63) is 29.8 Å². The summed E-state index contributed by atoms with van der Waals surface area (Å²) < 4.78 is 17.0. The van der Waals surface area contributed by atoms with Gasteiger partial charge in [0.25, 0.3) is 0 Å². The summed E-state index contributed by atoms with van der Waals surface area (Å²) in [4.78, 5) is 0. The highest BCUT2D eigenvalue weighted by molar-refractivity contribution is 7.68. The van der Waals surface area contributed by atoms with E-state index in [1.54, 1.807) is 0 Å². The molecular weight excluding hydrogens is 195 g/mol. The molecule has 0 saturated heterocycles. The first-order chi connectivity index (χ1) is 5.76. The molecule has 1 aromatic carbocycles. The van der Waals surface area contributed by atoms with Gasteiger partial charge < -0.3 is 4.52 Å². The zero-order chi connectivity index (χ0) is 8.60. The van der Waals surface area contributed by atoms with E-state index in [2.05, 4.69) is 0 Å². The first-order valence-electron chi connectivity index (χ1n) is 3.64. The van der Waals surface area contributed by atoms with E-state index in [0.29, 0.717) is 6.61 Å². The Hall–Kier alpha value is -0.300. The van der Waals surface area contributed by atoms with Gasteiger partial charge in [-0.1, -0.05) is 18.2 Å². The highest BCUT2D eigenvalue weighted by Crippen LogP contribution is 2.52. The van der Waals surface area contributed by atoms with E-state index >= 15 is 0 Å². The van der Waals surface area contributed by atoms with E-state index in [4.69, 9.17) is 16.1 Å². The van der Waals surface area contributed by atoms with Crippen molar-refractivity contribution in [3.8, 4) is 0 Å². The van der Waals surface area contributed by atoms with E-state index in [1.165, 1.54) is 0 Å². The number of fused-ring (bicyclic) bond motifs is 1. The van der Waals surface area contributed by atoms with Gasteiger partial charge in [0.2, 0.25) is 7.37 Å². The number of rotatable bonds is 1. The van der Waals surface area contributed by atoms with Gasteiger partial charge in [0.05, 0.1) is 6.61 Å². The van der Waals surface area contributed by atoms with Crippen molar-refractivity contribution in [3.63, 3.8) is 0 Å². The Kier molecular flexibility index (Phi) is 1.99. The molecule has 1 aliphatic rings. The van der Waals surface area contributed by atoms with Crippen molar-refractivity contribution < 1.29 is 9.09 Å². The van der Waals surface area contributed by atoms with Gasteiger partial charge in [0.1, 0.15) is 5.62 Å². The molecule has 1 aromatic rings. The second-order valence-corrected chi connectivity index (χ2v) is 5.74. The first-order valence-corrected chi connectivity index (χ1v) is 5.99. The highest BCUT2D eigenvalue weighted by Gasteiger charge is 2.33. The quantitative estimate of drug-likeness (QED) is 0.516. The SMILES string of the molecule is O=P1(CCl)OCc2ccccc21. The van der Waals surface area contributed by atoms with Gasteiger partial charge in [-0.25, -0.2) is 0 Å². The molecule has 1 heterocycles. The van der Waals surface area contributed by atoms with Gasteiger partial charge in [-0.05, 0) is 11.6 Å². The van der Waals surface area contributed by atoms with Crippen LogP contribution < -0.4 is 5.30 Å². The highest BCUT2D eigenvalue weighted by atomic mass is 35.5. The molecule has 0 radical (unpaired) electrons. The van der Waals surface area contributed by atoms with Crippen LogP contribution in [0, 0.1) is 0 Å². The Morgan fingerprint density at radius 1 is 1.50 bits per heavy atom. The largest absolute Gasteiger partial charge is 0.320 e. The molecule has 4 heteroatoms. The van der Waals surface area contributed by atoms with Crippen LogP contribution in [0.1, 0.15) is 5.56 Å². The van der Waals surface area contributed by atoms with Crippen LogP contribution in [0.15, 0.2) is 24.3 Å². The van der Waals surface area contributed by atoms with Crippen LogP contribution in [0.3, 0.4) is 0 Å². The maximum Gasteiger partial charge on any atom is 0.247 e. The molecule has 0 bridgehead atoms. The van der Waals surface area contributed by atoms with Gasteiger partial charge >= 0.3 is 0 Å². The van der Waals surface area contributed by atoms with Crippen molar-refractivity contribution in [1.29, 1.82) is 0 Å². The molecule has 1 atom stereocenters. The number of alkyl halides is 1. The molecular formula is C8H8ClO2P. The average molecular weight is 203 g/mol. The average Bonchev–Trinajstić information content (AvgIpc) is 2.46. The van der Waals surface area contributed by atoms with E-state index in [9.17, 15) is 4.57 Å². The van der Waals surface area contributed by atoms with Crippen LogP contribution in [0.25, 0.3) is 0 Å². The predicted molar refractivity (Wildman–Crippen MR) is 49.2 cm³/mol. The summed E-state index contributed by atoms with van der Waals surface area (Å²) in [5.74, 6) is 0. The minimum atomic E-state index is -2.68. The van der Waals surface area contributed by atoms with Gasteiger partial charge in [0.15, 0.2) is 0 Å². The summed E-state index contributed by atoms with van der Waals surface area (Å²) >= 11 is 5.59. The lowest BCUT2D eigenvalue weighted by Gasteiger charge is -2.06. The summed E-state index contributed by atoms with van der Waals surface area (Å²) in [6.45, 7) is 0.431. The summed E-state index contributed by atoms with van der Waals surface area (Å²) in [5, 5.41) is 0.792. The van der Waals surface area contributed by atoms with E-state index in [-0.39, 0.29) is 5.62 Å². The maximum atomic E-state index is 11.9.